The minimum absolute atomic E-state index is 0.261. The normalized spacial score (nSPS) is 15.0. The van der Waals surface area contributed by atoms with E-state index >= 15 is 0 Å². The molecular weight excluding hydrogens is 399 g/mol. The second-order valence-electron chi connectivity index (χ2n) is 7.47. The highest BCUT2D eigenvalue weighted by Crippen LogP contribution is 2.33. The molecule has 0 spiro atoms. The highest BCUT2D eigenvalue weighted by molar-refractivity contribution is 7.15. The van der Waals surface area contributed by atoms with Crippen molar-refractivity contribution in [2.24, 2.45) is 0 Å². The predicted molar refractivity (Wildman–Crippen MR) is 118 cm³/mol. The van der Waals surface area contributed by atoms with Crippen molar-refractivity contribution in [3.63, 3.8) is 0 Å². The van der Waals surface area contributed by atoms with Gasteiger partial charge in [0.05, 0.1) is 11.4 Å². The van der Waals surface area contributed by atoms with Crippen molar-refractivity contribution in [3.8, 4) is 22.6 Å². The molecule has 4 heterocycles. The summed E-state index contributed by atoms with van der Waals surface area (Å²) in [6.07, 6.45) is 7.67. The average Bonchev–Trinajstić information content (AvgIpc) is 3.37. The summed E-state index contributed by atoms with van der Waals surface area (Å²) in [4.78, 5) is 17.3. The fourth-order valence-corrected chi connectivity index (χ4v) is 4.64. The Balaban J connectivity index is 1.42. The Morgan fingerprint density at radius 3 is 2.70 bits per heavy atom. The number of hydrogen-bond acceptors (Lipinski definition) is 6. The molecule has 0 aliphatic carbocycles. The first-order chi connectivity index (χ1) is 14.8. The molecule has 1 saturated heterocycles. The Kier molecular flexibility index (Phi) is 5.42. The summed E-state index contributed by atoms with van der Waals surface area (Å²) in [7, 11) is 0. The number of anilines is 1. The molecule has 0 unspecified atom stereocenters. The van der Waals surface area contributed by atoms with Crippen LogP contribution < -0.4 is 5.32 Å². The van der Waals surface area contributed by atoms with Crippen LogP contribution in [0.5, 0.6) is 0 Å². The van der Waals surface area contributed by atoms with Gasteiger partial charge < -0.3 is 10.2 Å². The van der Waals surface area contributed by atoms with Crippen LogP contribution in [0.1, 0.15) is 19.3 Å². The Morgan fingerprint density at radius 1 is 1.03 bits per heavy atom. The van der Waals surface area contributed by atoms with Crippen molar-refractivity contribution >= 4 is 22.2 Å². The highest BCUT2D eigenvalue weighted by atomic mass is 32.1. The minimum Gasteiger partial charge on any atom is -0.353 e. The van der Waals surface area contributed by atoms with Gasteiger partial charge in [-0.2, -0.15) is 0 Å². The smallest absolute Gasteiger partial charge is 0.223 e. The highest BCUT2D eigenvalue weighted by Gasteiger charge is 2.18. The van der Waals surface area contributed by atoms with E-state index in [2.05, 4.69) is 15.2 Å². The molecule has 8 heteroatoms. The average molecular weight is 423 g/mol. The van der Waals surface area contributed by atoms with Crippen LogP contribution in [0.3, 0.4) is 0 Å². The molecule has 1 N–H and O–H groups in total. The standard InChI is InChI=1S/C22H23FN6S/c23-17-6-4-16(5-7-17)19-20(29-14-15-30-22(29)27-19)18-8-9-24-21(26-18)25-10-13-28-11-2-1-3-12-28/h4-9,14-15H,1-3,10-13H2,(H,24,25,26). The van der Waals surface area contributed by atoms with Crippen molar-refractivity contribution in [2.45, 2.75) is 19.3 Å². The number of benzene rings is 1. The van der Waals surface area contributed by atoms with Crippen LogP contribution in [0.25, 0.3) is 27.6 Å². The zero-order valence-electron chi connectivity index (χ0n) is 16.6. The lowest BCUT2D eigenvalue weighted by Crippen LogP contribution is -2.33. The first-order valence-electron chi connectivity index (χ1n) is 10.3. The van der Waals surface area contributed by atoms with Crippen molar-refractivity contribution in [2.75, 3.05) is 31.5 Å². The lowest BCUT2D eigenvalue weighted by molar-refractivity contribution is 0.237. The lowest BCUT2D eigenvalue weighted by atomic mass is 10.1. The number of hydrogen-bond donors (Lipinski definition) is 1. The minimum atomic E-state index is -0.261. The number of fused-ring (bicyclic) bond motifs is 1. The summed E-state index contributed by atoms with van der Waals surface area (Å²) in [5.74, 6) is 0.350. The first kappa shape index (κ1) is 19.1. The second kappa shape index (κ2) is 8.49. The Morgan fingerprint density at radius 2 is 1.87 bits per heavy atom. The van der Waals surface area contributed by atoms with Gasteiger partial charge in [0.2, 0.25) is 5.95 Å². The second-order valence-corrected chi connectivity index (χ2v) is 8.34. The number of imidazole rings is 1. The number of thiazole rings is 1. The van der Waals surface area contributed by atoms with Crippen LogP contribution in [0.4, 0.5) is 10.3 Å². The Labute approximate surface area is 178 Å². The van der Waals surface area contributed by atoms with E-state index in [9.17, 15) is 4.39 Å². The fraction of sp³-hybridized carbons (Fsp3) is 0.318. The third-order valence-electron chi connectivity index (χ3n) is 5.44. The molecule has 6 nitrogen and oxygen atoms in total. The van der Waals surface area contributed by atoms with Crippen LogP contribution in [0.2, 0.25) is 0 Å². The van der Waals surface area contributed by atoms with E-state index in [1.807, 2.05) is 22.0 Å². The number of likely N-dealkylation sites (tertiary alicyclic amines) is 1. The van der Waals surface area contributed by atoms with E-state index in [0.717, 1.165) is 40.7 Å². The maximum absolute atomic E-state index is 13.4. The van der Waals surface area contributed by atoms with Gasteiger partial charge in [0.1, 0.15) is 11.5 Å². The van der Waals surface area contributed by atoms with Crippen molar-refractivity contribution in [1.29, 1.82) is 0 Å². The van der Waals surface area contributed by atoms with Crippen LogP contribution in [0, 0.1) is 5.82 Å². The zero-order chi connectivity index (χ0) is 20.3. The molecular formula is C22H23FN6S. The molecule has 5 rings (SSSR count). The Bertz CT molecular complexity index is 1130. The number of rotatable bonds is 6. The van der Waals surface area contributed by atoms with Gasteiger partial charge >= 0.3 is 0 Å². The molecule has 1 fully saturated rings. The van der Waals surface area contributed by atoms with E-state index in [0.29, 0.717) is 5.95 Å². The maximum Gasteiger partial charge on any atom is 0.223 e. The molecule has 1 aromatic carbocycles. The van der Waals surface area contributed by atoms with Crippen molar-refractivity contribution in [1.82, 2.24) is 24.3 Å². The molecule has 0 amide bonds. The Hall–Kier alpha value is -2.84. The molecule has 0 bridgehead atoms. The van der Waals surface area contributed by atoms with E-state index in [4.69, 9.17) is 9.97 Å². The van der Waals surface area contributed by atoms with Crippen molar-refractivity contribution < 1.29 is 4.39 Å². The van der Waals surface area contributed by atoms with E-state index in [1.54, 1.807) is 29.7 Å². The van der Waals surface area contributed by atoms with E-state index in [-0.39, 0.29) is 5.82 Å². The molecule has 3 aromatic heterocycles. The number of piperidine rings is 1. The van der Waals surface area contributed by atoms with Gasteiger partial charge in [-0.15, -0.1) is 11.3 Å². The van der Waals surface area contributed by atoms with Gasteiger partial charge in [-0.25, -0.2) is 19.3 Å². The summed E-state index contributed by atoms with van der Waals surface area (Å²) in [6, 6.07) is 8.32. The zero-order valence-corrected chi connectivity index (χ0v) is 17.4. The molecule has 1 aliphatic rings. The fourth-order valence-electron chi connectivity index (χ4n) is 3.92. The first-order valence-corrected chi connectivity index (χ1v) is 11.2. The summed E-state index contributed by atoms with van der Waals surface area (Å²) < 4.78 is 15.5. The summed E-state index contributed by atoms with van der Waals surface area (Å²) >= 11 is 1.56. The summed E-state index contributed by atoms with van der Waals surface area (Å²) in [6.45, 7) is 4.16. The van der Waals surface area contributed by atoms with Gasteiger partial charge in [-0.05, 0) is 56.3 Å². The molecule has 0 atom stereocenters. The lowest BCUT2D eigenvalue weighted by Gasteiger charge is -2.26. The monoisotopic (exact) mass is 422 g/mol. The van der Waals surface area contributed by atoms with Crippen LogP contribution >= 0.6 is 11.3 Å². The quantitative estimate of drug-likeness (QED) is 0.494. The van der Waals surface area contributed by atoms with Gasteiger partial charge in [0, 0.05) is 36.4 Å². The molecule has 154 valence electrons. The number of halogens is 1. The summed E-state index contributed by atoms with van der Waals surface area (Å²) in [5.41, 5.74) is 3.33. The third-order valence-corrected chi connectivity index (χ3v) is 6.19. The SMILES string of the molecule is Fc1ccc(-c2nc3sccn3c2-c2ccnc(NCCN3CCCCC3)n2)cc1. The number of nitrogens with zero attached hydrogens (tertiary/aromatic N) is 5. The van der Waals surface area contributed by atoms with Crippen LogP contribution in [-0.4, -0.2) is 50.4 Å². The molecule has 0 radical (unpaired) electrons. The van der Waals surface area contributed by atoms with E-state index in [1.165, 1.54) is 44.5 Å². The van der Waals surface area contributed by atoms with Gasteiger partial charge in [0.25, 0.3) is 0 Å². The number of aromatic nitrogens is 4. The van der Waals surface area contributed by atoms with Crippen molar-refractivity contribution in [3.05, 3.63) is 53.9 Å². The predicted octanol–water partition coefficient (Wildman–Crippen LogP) is 4.56. The van der Waals surface area contributed by atoms with Gasteiger partial charge in [0.15, 0.2) is 4.96 Å². The van der Waals surface area contributed by atoms with Gasteiger partial charge in [-0.3, -0.25) is 4.40 Å². The molecule has 0 saturated carbocycles. The topological polar surface area (TPSA) is 58.4 Å². The largest absolute Gasteiger partial charge is 0.353 e. The molecule has 4 aromatic rings. The van der Waals surface area contributed by atoms with Crippen LogP contribution in [0.15, 0.2) is 48.1 Å². The number of nitrogens with one attached hydrogen (secondary N) is 1. The third kappa shape index (κ3) is 3.93. The van der Waals surface area contributed by atoms with Crippen LogP contribution in [-0.2, 0) is 0 Å². The summed E-state index contributed by atoms with van der Waals surface area (Å²) in [5, 5.41) is 5.36. The molecule has 1 aliphatic heterocycles. The molecule has 30 heavy (non-hydrogen) atoms. The van der Waals surface area contributed by atoms with Gasteiger partial charge in [-0.1, -0.05) is 6.42 Å². The maximum atomic E-state index is 13.4. The van der Waals surface area contributed by atoms with E-state index < -0.39 is 0 Å².